The Hall–Kier alpha value is -1.10. The van der Waals surface area contributed by atoms with E-state index in [0.29, 0.717) is 13.2 Å². The van der Waals surface area contributed by atoms with Gasteiger partial charge in [-0.1, -0.05) is 12.1 Å². The van der Waals surface area contributed by atoms with E-state index >= 15 is 0 Å². The minimum absolute atomic E-state index is 0. The SMILES string of the molecule is COCC1(CNC(=O)c2cccc(C)c2C)CCNCC1.Cl. The third-order valence-corrected chi connectivity index (χ3v) is 4.59. The number of benzene rings is 1. The number of rotatable bonds is 5. The van der Waals surface area contributed by atoms with E-state index in [1.165, 1.54) is 0 Å². The number of amides is 1. The lowest BCUT2D eigenvalue weighted by Gasteiger charge is -2.37. The molecule has 1 aliphatic rings. The van der Waals surface area contributed by atoms with Gasteiger partial charge in [0.05, 0.1) is 6.61 Å². The molecular weight excluding hydrogens is 300 g/mol. The van der Waals surface area contributed by atoms with E-state index in [1.807, 2.05) is 32.0 Å². The molecule has 0 spiro atoms. The summed E-state index contributed by atoms with van der Waals surface area (Å²) in [7, 11) is 1.73. The molecule has 0 aliphatic carbocycles. The maximum Gasteiger partial charge on any atom is 0.251 e. The second kappa shape index (κ2) is 8.51. The number of hydrogen-bond donors (Lipinski definition) is 2. The average molecular weight is 327 g/mol. The molecule has 0 bridgehead atoms. The van der Waals surface area contributed by atoms with Crippen LogP contribution in [0.1, 0.15) is 34.3 Å². The first-order valence-corrected chi connectivity index (χ1v) is 7.62. The first kappa shape index (κ1) is 18.9. The largest absolute Gasteiger partial charge is 0.384 e. The number of nitrogens with one attached hydrogen (secondary N) is 2. The average Bonchev–Trinajstić information content (AvgIpc) is 2.49. The summed E-state index contributed by atoms with van der Waals surface area (Å²) >= 11 is 0. The Bertz CT molecular complexity index is 494. The zero-order valence-electron chi connectivity index (χ0n) is 13.7. The number of carbonyl (C=O) groups is 1. The van der Waals surface area contributed by atoms with Crippen LogP contribution in [0.5, 0.6) is 0 Å². The Morgan fingerprint density at radius 3 is 2.64 bits per heavy atom. The van der Waals surface area contributed by atoms with Crippen molar-refractivity contribution in [1.82, 2.24) is 10.6 Å². The molecule has 0 atom stereocenters. The molecule has 1 amide bonds. The molecule has 2 N–H and O–H groups in total. The van der Waals surface area contributed by atoms with Crippen molar-refractivity contribution in [2.75, 3.05) is 33.4 Å². The zero-order valence-corrected chi connectivity index (χ0v) is 14.5. The minimum Gasteiger partial charge on any atom is -0.384 e. The molecular formula is C17H27ClN2O2. The Balaban J connectivity index is 0.00000242. The van der Waals surface area contributed by atoms with E-state index in [-0.39, 0.29) is 23.7 Å². The third kappa shape index (κ3) is 4.45. The van der Waals surface area contributed by atoms with Crippen molar-refractivity contribution in [3.63, 3.8) is 0 Å². The van der Waals surface area contributed by atoms with Gasteiger partial charge in [0.25, 0.3) is 5.91 Å². The molecule has 0 aromatic heterocycles. The van der Waals surface area contributed by atoms with Crippen LogP contribution in [0.4, 0.5) is 0 Å². The van der Waals surface area contributed by atoms with Crippen LogP contribution >= 0.6 is 12.4 Å². The second-order valence-electron chi connectivity index (χ2n) is 6.11. The predicted molar refractivity (Wildman–Crippen MR) is 91.9 cm³/mol. The van der Waals surface area contributed by atoms with Gasteiger partial charge in [0.2, 0.25) is 0 Å². The molecule has 124 valence electrons. The van der Waals surface area contributed by atoms with Crippen LogP contribution in [0.3, 0.4) is 0 Å². The number of hydrogen-bond acceptors (Lipinski definition) is 3. The lowest BCUT2D eigenvalue weighted by Crippen LogP contribution is -2.47. The van der Waals surface area contributed by atoms with Crippen molar-refractivity contribution in [3.05, 3.63) is 34.9 Å². The van der Waals surface area contributed by atoms with Gasteiger partial charge in [0, 0.05) is 24.6 Å². The van der Waals surface area contributed by atoms with Crippen LogP contribution in [0.2, 0.25) is 0 Å². The van der Waals surface area contributed by atoms with Crippen molar-refractivity contribution in [3.8, 4) is 0 Å². The molecule has 0 radical (unpaired) electrons. The second-order valence-corrected chi connectivity index (χ2v) is 6.11. The Morgan fingerprint density at radius 2 is 2.00 bits per heavy atom. The van der Waals surface area contributed by atoms with Crippen molar-refractivity contribution in [2.45, 2.75) is 26.7 Å². The van der Waals surface area contributed by atoms with Crippen LogP contribution in [-0.4, -0.2) is 39.3 Å². The highest BCUT2D eigenvalue weighted by molar-refractivity contribution is 5.95. The van der Waals surface area contributed by atoms with E-state index < -0.39 is 0 Å². The van der Waals surface area contributed by atoms with Gasteiger partial charge in [0.15, 0.2) is 0 Å². The van der Waals surface area contributed by atoms with E-state index in [9.17, 15) is 4.79 Å². The van der Waals surface area contributed by atoms with Crippen LogP contribution in [-0.2, 0) is 4.74 Å². The zero-order chi connectivity index (χ0) is 15.3. The fourth-order valence-corrected chi connectivity index (χ4v) is 3.00. The molecule has 4 nitrogen and oxygen atoms in total. The standard InChI is InChI=1S/C17H26N2O2.ClH/c1-13-5-4-6-15(14(13)2)16(20)19-11-17(12-21-3)7-9-18-10-8-17;/h4-6,18H,7-12H2,1-3H3,(H,19,20);1H. The van der Waals surface area contributed by atoms with E-state index in [1.54, 1.807) is 7.11 Å². The maximum absolute atomic E-state index is 12.4. The highest BCUT2D eigenvalue weighted by Gasteiger charge is 2.32. The highest BCUT2D eigenvalue weighted by Crippen LogP contribution is 2.28. The summed E-state index contributed by atoms with van der Waals surface area (Å²) in [6.07, 6.45) is 2.07. The van der Waals surface area contributed by atoms with Crippen molar-refractivity contribution in [2.24, 2.45) is 5.41 Å². The van der Waals surface area contributed by atoms with Crippen LogP contribution in [0, 0.1) is 19.3 Å². The predicted octanol–water partition coefficient (Wildman–Crippen LogP) is 2.47. The van der Waals surface area contributed by atoms with Gasteiger partial charge in [0.1, 0.15) is 0 Å². The Labute approximate surface area is 139 Å². The number of aryl methyl sites for hydroxylation is 1. The van der Waals surface area contributed by atoms with Gasteiger partial charge in [-0.15, -0.1) is 12.4 Å². The first-order valence-electron chi connectivity index (χ1n) is 7.62. The fourth-order valence-electron chi connectivity index (χ4n) is 3.00. The fraction of sp³-hybridized carbons (Fsp3) is 0.588. The van der Waals surface area contributed by atoms with Gasteiger partial charge in [-0.25, -0.2) is 0 Å². The molecule has 1 saturated heterocycles. The van der Waals surface area contributed by atoms with Crippen molar-refractivity contribution in [1.29, 1.82) is 0 Å². The molecule has 1 heterocycles. The minimum atomic E-state index is 0. The monoisotopic (exact) mass is 326 g/mol. The molecule has 0 saturated carbocycles. The summed E-state index contributed by atoms with van der Waals surface area (Å²) < 4.78 is 5.39. The Morgan fingerprint density at radius 1 is 1.32 bits per heavy atom. The number of methoxy groups -OCH3 is 1. The quantitative estimate of drug-likeness (QED) is 0.874. The summed E-state index contributed by atoms with van der Waals surface area (Å²) in [6, 6.07) is 5.86. The van der Waals surface area contributed by atoms with E-state index in [0.717, 1.165) is 42.6 Å². The molecule has 1 fully saturated rings. The van der Waals surface area contributed by atoms with Gasteiger partial charge < -0.3 is 15.4 Å². The molecule has 1 aromatic rings. The van der Waals surface area contributed by atoms with Crippen LogP contribution in [0.25, 0.3) is 0 Å². The molecule has 1 aromatic carbocycles. The number of carbonyl (C=O) groups excluding carboxylic acids is 1. The lowest BCUT2D eigenvalue weighted by molar-refractivity contribution is 0.0511. The van der Waals surface area contributed by atoms with E-state index in [4.69, 9.17) is 4.74 Å². The van der Waals surface area contributed by atoms with Crippen molar-refractivity contribution >= 4 is 18.3 Å². The van der Waals surface area contributed by atoms with Crippen LogP contribution in [0.15, 0.2) is 18.2 Å². The molecule has 1 aliphatic heterocycles. The summed E-state index contributed by atoms with van der Waals surface area (Å²) in [5.41, 5.74) is 3.04. The third-order valence-electron chi connectivity index (χ3n) is 4.59. The normalized spacial score (nSPS) is 16.7. The number of halogens is 1. The smallest absolute Gasteiger partial charge is 0.251 e. The van der Waals surface area contributed by atoms with Crippen molar-refractivity contribution < 1.29 is 9.53 Å². The van der Waals surface area contributed by atoms with Gasteiger partial charge in [-0.05, 0) is 57.0 Å². The van der Waals surface area contributed by atoms with Crippen LogP contribution < -0.4 is 10.6 Å². The topological polar surface area (TPSA) is 50.4 Å². The highest BCUT2D eigenvalue weighted by atomic mass is 35.5. The van der Waals surface area contributed by atoms with Gasteiger partial charge in [-0.2, -0.15) is 0 Å². The van der Waals surface area contributed by atoms with Gasteiger partial charge >= 0.3 is 0 Å². The molecule has 2 rings (SSSR count). The number of piperidine rings is 1. The summed E-state index contributed by atoms with van der Waals surface area (Å²) in [4.78, 5) is 12.4. The maximum atomic E-state index is 12.4. The summed E-state index contributed by atoms with van der Waals surface area (Å²) in [5, 5.41) is 6.48. The van der Waals surface area contributed by atoms with E-state index in [2.05, 4.69) is 10.6 Å². The summed E-state index contributed by atoms with van der Waals surface area (Å²) in [5.74, 6) is 0.0187. The molecule has 22 heavy (non-hydrogen) atoms. The summed E-state index contributed by atoms with van der Waals surface area (Å²) in [6.45, 7) is 7.38. The molecule has 0 unspecified atom stereocenters. The first-order chi connectivity index (χ1) is 10.1. The number of ether oxygens (including phenoxy) is 1. The Kier molecular flexibility index (Phi) is 7.33. The molecule has 5 heteroatoms. The van der Waals surface area contributed by atoms with Gasteiger partial charge in [-0.3, -0.25) is 4.79 Å². The lowest BCUT2D eigenvalue weighted by atomic mass is 9.79.